The van der Waals surface area contributed by atoms with Crippen LogP contribution in [0.5, 0.6) is 0 Å². The van der Waals surface area contributed by atoms with Crippen molar-refractivity contribution >= 4 is 18.0 Å². The summed E-state index contributed by atoms with van der Waals surface area (Å²) >= 11 is 0. The highest BCUT2D eigenvalue weighted by Crippen LogP contribution is 2.29. The zero-order valence-electron chi connectivity index (χ0n) is 25.2. The van der Waals surface area contributed by atoms with E-state index in [9.17, 15) is 19.5 Å². The van der Waals surface area contributed by atoms with Gasteiger partial charge in [-0.2, -0.15) is 0 Å². The topological polar surface area (TPSA) is 114 Å². The largest absolute Gasteiger partial charge is 0.461 e. The third kappa shape index (κ3) is 14.1. The summed E-state index contributed by atoms with van der Waals surface area (Å²) in [6.45, 7) is 10.1. The highest BCUT2D eigenvalue weighted by atomic mass is 16.6. The molecule has 8 nitrogen and oxygen atoms in total. The van der Waals surface area contributed by atoms with Crippen LogP contribution >= 0.6 is 0 Å². The average molecular weight is 561 g/mol. The summed E-state index contributed by atoms with van der Waals surface area (Å²) < 4.78 is 10.8. The predicted octanol–water partition coefficient (Wildman–Crippen LogP) is 5.90. The van der Waals surface area contributed by atoms with Gasteiger partial charge in [-0.05, 0) is 63.9 Å². The van der Waals surface area contributed by atoms with E-state index in [-0.39, 0.29) is 37.2 Å². The van der Waals surface area contributed by atoms with E-state index in [1.165, 1.54) is 6.42 Å². The first-order chi connectivity index (χ1) is 18.9. The van der Waals surface area contributed by atoms with E-state index in [4.69, 9.17) is 9.47 Å². The second-order valence-electron chi connectivity index (χ2n) is 12.7. The van der Waals surface area contributed by atoms with Gasteiger partial charge in [-0.15, -0.1) is 0 Å². The summed E-state index contributed by atoms with van der Waals surface area (Å²) in [5, 5.41) is 17.2. The molecule has 40 heavy (non-hydrogen) atoms. The van der Waals surface area contributed by atoms with E-state index in [1.807, 2.05) is 65.0 Å². The highest BCUT2D eigenvalue weighted by Gasteiger charge is 2.32. The number of amides is 2. The zero-order valence-corrected chi connectivity index (χ0v) is 25.2. The number of ether oxygens (including phenoxy) is 2. The van der Waals surface area contributed by atoms with Crippen LogP contribution in [0, 0.1) is 17.8 Å². The molecule has 1 fully saturated rings. The van der Waals surface area contributed by atoms with Crippen LogP contribution in [-0.2, 0) is 25.7 Å². The van der Waals surface area contributed by atoms with Gasteiger partial charge >= 0.3 is 12.1 Å². The van der Waals surface area contributed by atoms with Gasteiger partial charge in [-0.25, -0.2) is 4.79 Å². The van der Waals surface area contributed by atoms with Gasteiger partial charge in [0.1, 0.15) is 12.2 Å². The summed E-state index contributed by atoms with van der Waals surface area (Å²) in [5.74, 6) is -0.159. The lowest BCUT2D eigenvalue weighted by molar-refractivity contribution is -0.145. The van der Waals surface area contributed by atoms with Gasteiger partial charge in [0.25, 0.3) is 0 Å². The van der Waals surface area contributed by atoms with Crippen LogP contribution in [0.25, 0.3) is 0 Å². The summed E-state index contributed by atoms with van der Waals surface area (Å²) in [7, 11) is 0. The number of aliphatic hydroxyl groups excluding tert-OH is 1. The standard InChI is InChI=1S/C32H52N2O6/c1-23(2)19-26(30(37)33-18-12-17-29(36)39-22-25-15-10-7-11-16-25)21-28(35)27(20-24-13-8-6-9-14-24)34-31(38)40-32(3,4)5/h7,10-11,15-16,23-24,26-28,35H,6,8-9,12-14,17-22H2,1-5H3,(H,33,37)(H,34,38)/t26-,27?,28+/m1/s1. The number of rotatable bonds is 15. The van der Waals surface area contributed by atoms with Crippen LogP contribution in [0.1, 0.15) is 104 Å². The van der Waals surface area contributed by atoms with E-state index in [0.717, 1.165) is 31.2 Å². The van der Waals surface area contributed by atoms with Gasteiger partial charge in [0.05, 0.1) is 12.1 Å². The number of esters is 1. The fourth-order valence-electron chi connectivity index (χ4n) is 5.29. The van der Waals surface area contributed by atoms with Crippen LogP contribution in [0.4, 0.5) is 4.79 Å². The maximum Gasteiger partial charge on any atom is 0.407 e. The van der Waals surface area contributed by atoms with Crippen molar-refractivity contribution < 1.29 is 29.0 Å². The quantitative estimate of drug-likeness (QED) is 0.182. The van der Waals surface area contributed by atoms with Gasteiger partial charge in [0.2, 0.25) is 5.91 Å². The van der Waals surface area contributed by atoms with Gasteiger partial charge in [0, 0.05) is 18.9 Å². The average Bonchev–Trinajstić information content (AvgIpc) is 2.89. The van der Waals surface area contributed by atoms with Crippen molar-refractivity contribution in [2.75, 3.05) is 6.54 Å². The van der Waals surface area contributed by atoms with Crippen LogP contribution < -0.4 is 10.6 Å². The molecule has 0 aromatic heterocycles. The van der Waals surface area contributed by atoms with E-state index in [2.05, 4.69) is 10.6 Å². The Labute approximate surface area is 241 Å². The molecule has 1 saturated carbocycles. The Morgan fingerprint density at radius 2 is 1.70 bits per heavy atom. The van der Waals surface area contributed by atoms with Crippen molar-refractivity contribution in [1.82, 2.24) is 10.6 Å². The zero-order chi connectivity index (χ0) is 29.5. The van der Waals surface area contributed by atoms with Crippen LogP contribution in [-0.4, -0.2) is 47.4 Å². The number of benzene rings is 1. The van der Waals surface area contributed by atoms with Crippen molar-refractivity contribution in [2.24, 2.45) is 17.8 Å². The predicted molar refractivity (Wildman–Crippen MR) is 156 cm³/mol. The number of hydrogen-bond acceptors (Lipinski definition) is 6. The number of hydrogen-bond donors (Lipinski definition) is 3. The molecule has 0 saturated heterocycles. The summed E-state index contributed by atoms with van der Waals surface area (Å²) in [6, 6.07) is 9.02. The van der Waals surface area contributed by atoms with Crippen LogP contribution in [0.2, 0.25) is 0 Å². The summed E-state index contributed by atoms with van der Waals surface area (Å²) in [4.78, 5) is 37.8. The number of alkyl carbamates (subject to hydrolysis) is 1. The minimum atomic E-state index is -0.878. The minimum absolute atomic E-state index is 0.140. The lowest BCUT2D eigenvalue weighted by Gasteiger charge is -2.32. The normalized spacial score (nSPS) is 16.6. The molecule has 1 aliphatic rings. The molecule has 226 valence electrons. The molecule has 3 N–H and O–H groups in total. The molecular weight excluding hydrogens is 508 g/mol. The summed E-state index contributed by atoms with van der Waals surface area (Å²) in [6.07, 6.45) is 6.53. The first-order valence-corrected chi connectivity index (χ1v) is 15.1. The Balaban J connectivity index is 1.90. The summed E-state index contributed by atoms with van der Waals surface area (Å²) in [5.41, 5.74) is 0.292. The Kier molecular flexibility index (Phi) is 14.5. The van der Waals surface area contributed by atoms with E-state index in [0.29, 0.717) is 31.7 Å². The molecule has 1 aromatic carbocycles. The lowest BCUT2D eigenvalue weighted by atomic mass is 9.81. The molecule has 2 amide bonds. The van der Waals surface area contributed by atoms with Gasteiger partial charge < -0.3 is 25.2 Å². The highest BCUT2D eigenvalue weighted by molar-refractivity contribution is 5.78. The minimum Gasteiger partial charge on any atom is -0.461 e. The molecule has 3 atom stereocenters. The van der Waals surface area contributed by atoms with Crippen molar-refractivity contribution in [3.05, 3.63) is 35.9 Å². The maximum atomic E-state index is 13.1. The molecule has 1 aromatic rings. The molecule has 1 unspecified atom stereocenters. The molecule has 0 aliphatic heterocycles. The molecule has 2 rings (SSSR count). The van der Waals surface area contributed by atoms with E-state index < -0.39 is 29.8 Å². The fraction of sp³-hybridized carbons (Fsp3) is 0.719. The number of nitrogens with one attached hydrogen (secondary N) is 2. The second-order valence-corrected chi connectivity index (χ2v) is 12.7. The SMILES string of the molecule is CC(C)C[C@H](C[C@H](O)C(CC1CCCCC1)NC(=O)OC(C)(C)C)C(=O)NCCCC(=O)OCc1ccccc1. The maximum absolute atomic E-state index is 13.1. The third-order valence-electron chi connectivity index (χ3n) is 7.23. The van der Waals surface area contributed by atoms with E-state index in [1.54, 1.807) is 0 Å². The lowest BCUT2D eigenvalue weighted by Crippen LogP contribution is -2.48. The van der Waals surface area contributed by atoms with Gasteiger partial charge in [-0.1, -0.05) is 76.3 Å². The first kappa shape index (κ1) is 33.6. The molecule has 0 heterocycles. The molecular formula is C32H52N2O6. The van der Waals surface area contributed by atoms with Crippen LogP contribution in [0.15, 0.2) is 30.3 Å². The molecule has 1 aliphatic carbocycles. The number of aliphatic hydroxyl groups is 1. The molecule has 0 spiro atoms. The van der Waals surface area contributed by atoms with E-state index >= 15 is 0 Å². The smallest absolute Gasteiger partial charge is 0.407 e. The second kappa shape index (κ2) is 17.3. The number of carbonyl (C=O) groups is 3. The molecule has 0 bridgehead atoms. The Hall–Kier alpha value is -2.61. The third-order valence-corrected chi connectivity index (χ3v) is 7.23. The Morgan fingerprint density at radius 1 is 1.02 bits per heavy atom. The Morgan fingerprint density at radius 3 is 2.33 bits per heavy atom. The van der Waals surface area contributed by atoms with Crippen molar-refractivity contribution in [3.63, 3.8) is 0 Å². The first-order valence-electron chi connectivity index (χ1n) is 15.1. The molecule has 8 heteroatoms. The van der Waals surface area contributed by atoms with Crippen LogP contribution in [0.3, 0.4) is 0 Å². The monoisotopic (exact) mass is 560 g/mol. The molecule has 0 radical (unpaired) electrons. The number of carbonyl (C=O) groups excluding carboxylic acids is 3. The van der Waals surface area contributed by atoms with Crippen molar-refractivity contribution in [1.29, 1.82) is 0 Å². The Bertz CT molecular complexity index is 892. The van der Waals surface area contributed by atoms with Gasteiger partial charge in [0.15, 0.2) is 0 Å². The van der Waals surface area contributed by atoms with Gasteiger partial charge in [-0.3, -0.25) is 9.59 Å². The van der Waals surface area contributed by atoms with Crippen molar-refractivity contribution in [3.8, 4) is 0 Å². The van der Waals surface area contributed by atoms with Crippen molar-refractivity contribution in [2.45, 2.75) is 123 Å². The fourth-order valence-corrected chi connectivity index (χ4v) is 5.29.